The first-order chi connectivity index (χ1) is 14.6. The third-order valence-electron chi connectivity index (χ3n) is 5.63. The first-order valence-electron chi connectivity index (χ1n) is 10.7. The third kappa shape index (κ3) is 5.89. The Kier molecular flexibility index (Phi) is 7.97. The van der Waals surface area contributed by atoms with Crippen LogP contribution in [0.1, 0.15) is 54.4 Å². The van der Waals surface area contributed by atoms with E-state index in [-0.39, 0.29) is 23.5 Å². The number of nitrogens with two attached hydrogens (primary N) is 1. The van der Waals surface area contributed by atoms with Gasteiger partial charge in [0.05, 0.1) is 0 Å². The van der Waals surface area contributed by atoms with E-state index in [4.69, 9.17) is 5.73 Å². The minimum atomic E-state index is -0.385. The number of carbonyl (C=O) groups is 2. The standard InChI is InChI=1S/C24H30FN3O2/c25-21-13-11-18(12-14-21)23(29)27-22-10-5-4-9-20(22)17-28(16-6-15-26)24(30)19-7-2-1-3-8-19/h4-5,9-14,19H,1-3,6-8,15-17,26H2,(H,27,29). The van der Waals surface area contributed by atoms with Crippen LogP contribution in [0, 0.1) is 11.7 Å². The molecule has 0 saturated heterocycles. The van der Waals surface area contributed by atoms with Crippen molar-refractivity contribution in [3.05, 3.63) is 65.5 Å². The number of para-hydroxylation sites is 1. The van der Waals surface area contributed by atoms with Crippen LogP contribution in [-0.2, 0) is 11.3 Å². The van der Waals surface area contributed by atoms with Crippen molar-refractivity contribution >= 4 is 17.5 Å². The van der Waals surface area contributed by atoms with E-state index in [0.717, 1.165) is 37.7 Å². The van der Waals surface area contributed by atoms with Gasteiger partial charge in [-0.2, -0.15) is 0 Å². The summed E-state index contributed by atoms with van der Waals surface area (Å²) in [5, 5.41) is 2.90. The van der Waals surface area contributed by atoms with Crippen molar-refractivity contribution < 1.29 is 14.0 Å². The number of benzene rings is 2. The van der Waals surface area contributed by atoms with E-state index in [1.807, 2.05) is 29.2 Å². The highest BCUT2D eigenvalue weighted by molar-refractivity contribution is 6.04. The molecule has 160 valence electrons. The van der Waals surface area contributed by atoms with E-state index in [1.165, 1.54) is 30.7 Å². The maximum absolute atomic E-state index is 13.2. The van der Waals surface area contributed by atoms with Gasteiger partial charge in [0, 0.05) is 30.3 Å². The summed E-state index contributed by atoms with van der Waals surface area (Å²) in [5.41, 5.74) is 7.60. The van der Waals surface area contributed by atoms with E-state index in [0.29, 0.717) is 30.9 Å². The Bertz CT molecular complexity index is 848. The minimum Gasteiger partial charge on any atom is -0.338 e. The van der Waals surface area contributed by atoms with E-state index < -0.39 is 0 Å². The molecule has 1 fully saturated rings. The predicted octanol–water partition coefficient (Wildman–Crippen LogP) is 4.34. The Labute approximate surface area is 177 Å². The van der Waals surface area contributed by atoms with Crippen LogP contribution >= 0.6 is 0 Å². The Morgan fingerprint density at radius 2 is 1.73 bits per heavy atom. The van der Waals surface area contributed by atoms with Crippen LogP contribution in [0.15, 0.2) is 48.5 Å². The number of carbonyl (C=O) groups excluding carboxylic acids is 2. The molecule has 2 amide bonds. The zero-order valence-electron chi connectivity index (χ0n) is 17.3. The second kappa shape index (κ2) is 10.9. The molecule has 1 aliphatic carbocycles. The van der Waals surface area contributed by atoms with Gasteiger partial charge in [0.2, 0.25) is 5.91 Å². The summed E-state index contributed by atoms with van der Waals surface area (Å²) in [6.45, 7) is 1.55. The molecular weight excluding hydrogens is 381 g/mol. The summed E-state index contributed by atoms with van der Waals surface area (Å²) in [7, 11) is 0. The first-order valence-corrected chi connectivity index (χ1v) is 10.7. The van der Waals surface area contributed by atoms with Crippen molar-refractivity contribution in [2.75, 3.05) is 18.4 Å². The van der Waals surface area contributed by atoms with Gasteiger partial charge in [-0.15, -0.1) is 0 Å². The molecule has 0 aliphatic heterocycles. The fourth-order valence-electron chi connectivity index (χ4n) is 3.94. The number of nitrogens with zero attached hydrogens (tertiary/aromatic N) is 1. The lowest BCUT2D eigenvalue weighted by molar-refractivity contribution is -0.137. The number of hydrogen-bond acceptors (Lipinski definition) is 3. The van der Waals surface area contributed by atoms with Gasteiger partial charge in [0.25, 0.3) is 5.91 Å². The number of amides is 2. The summed E-state index contributed by atoms with van der Waals surface area (Å²) in [6.07, 6.45) is 6.03. The second-order valence-corrected chi connectivity index (χ2v) is 7.86. The Morgan fingerprint density at radius 3 is 2.43 bits per heavy atom. The van der Waals surface area contributed by atoms with E-state index in [9.17, 15) is 14.0 Å². The van der Waals surface area contributed by atoms with Crippen LogP contribution in [0.5, 0.6) is 0 Å². The fraction of sp³-hybridized carbons (Fsp3) is 0.417. The van der Waals surface area contributed by atoms with Crippen LogP contribution in [-0.4, -0.2) is 29.8 Å². The summed E-state index contributed by atoms with van der Waals surface area (Å²) >= 11 is 0. The lowest BCUT2D eigenvalue weighted by Gasteiger charge is -2.30. The van der Waals surface area contributed by atoms with Gasteiger partial charge in [0.15, 0.2) is 0 Å². The highest BCUT2D eigenvalue weighted by atomic mass is 19.1. The van der Waals surface area contributed by atoms with Crippen molar-refractivity contribution in [3.63, 3.8) is 0 Å². The van der Waals surface area contributed by atoms with Crippen molar-refractivity contribution in [2.24, 2.45) is 11.7 Å². The van der Waals surface area contributed by atoms with Crippen molar-refractivity contribution in [1.29, 1.82) is 0 Å². The Hall–Kier alpha value is -2.73. The number of hydrogen-bond donors (Lipinski definition) is 2. The average molecular weight is 412 g/mol. The van der Waals surface area contributed by atoms with Crippen LogP contribution in [0.2, 0.25) is 0 Å². The lowest BCUT2D eigenvalue weighted by Crippen LogP contribution is -2.38. The molecule has 0 atom stereocenters. The third-order valence-corrected chi connectivity index (χ3v) is 5.63. The lowest BCUT2D eigenvalue weighted by atomic mass is 9.88. The summed E-state index contributed by atoms with van der Waals surface area (Å²) in [6, 6.07) is 12.9. The molecule has 0 bridgehead atoms. The number of anilines is 1. The van der Waals surface area contributed by atoms with Gasteiger partial charge in [-0.05, 0) is 61.7 Å². The molecule has 3 rings (SSSR count). The molecule has 1 saturated carbocycles. The van der Waals surface area contributed by atoms with Gasteiger partial charge in [-0.1, -0.05) is 37.5 Å². The van der Waals surface area contributed by atoms with E-state index >= 15 is 0 Å². The maximum atomic E-state index is 13.2. The normalized spacial score (nSPS) is 14.3. The Balaban J connectivity index is 1.75. The molecule has 0 unspecified atom stereocenters. The molecular formula is C24H30FN3O2. The molecule has 3 N–H and O–H groups in total. The monoisotopic (exact) mass is 411 g/mol. The van der Waals surface area contributed by atoms with Crippen LogP contribution in [0.3, 0.4) is 0 Å². The molecule has 0 heterocycles. The van der Waals surface area contributed by atoms with Crippen molar-refractivity contribution in [2.45, 2.75) is 45.1 Å². The van der Waals surface area contributed by atoms with Gasteiger partial charge in [-0.25, -0.2) is 4.39 Å². The van der Waals surface area contributed by atoms with Gasteiger partial charge in [-0.3, -0.25) is 9.59 Å². The SMILES string of the molecule is NCCCN(Cc1ccccc1NC(=O)c1ccc(F)cc1)C(=O)C1CCCCC1. The molecule has 2 aromatic carbocycles. The molecule has 0 radical (unpaired) electrons. The molecule has 1 aliphatic rings. The second-order valence-electron chi connectivity index (χ2n) is 7.86. The number of halogens is 1. The van der Waals surface area contributed by atoms with Gasteiger partial charge in [0.1, 0.15) is 5.82 Å². The highest BCUT2D eigenvalue weighted by Gasteiger charge is 2.26. The molecule has 30 heavy (non-hydrogen) atoms. The quantitative estimate of drug-likeness (QED) is 0.679. The fourth-order valence-corrected chi connectivity index (χ4v) is 3.94. The average Bonchev–Trinajstić information content (AvgIpc) is 2.78. The van der Waals surface area contributed by atoms with Crippen LogP contribution in [0.4, 0.5) is 10.1 Å². The molecule has 2 aromatic rings. The van der Waals surface area contributed by atoms with Crippen molar-refractivity contribution in [1.82, 2.24) is 4.90 Å². The zero-order valence-corrected chi connectivity index (χ0v) is 17.3. The molecule has 5 nitrogen and oxygen atoms in total. The largest absolute Gasteiger partial charge is 0.338 e. The van der Waals surface area contributed by atoms with Gasteiger partial charge >= 0.3 is 0 Å². The summed E-state index contributed by atoms with van der Waals surface area (Å²) in [4.78, 5) is 27.6. The zero-order chi connectivity index (χ0) is 21.3. The highest BCUT2D eigenvalue weighted by Crippen LogP contribution is 2.27. The maximum Gasteiger partial charge on any atom is 0.255 e. The van der Waals surface area contributed by atoms with Gasteiger partial charge < -0.3 is 16.0 Å². The predicted molar refractivity (Wildman–Crippen MR) is 116 cm³/mol. The van der Waals surface area contributed by atoms with Crippen LogP contribution < -0.4 is 11.1 Å². The number of nitrogens with one attached hydrogen (secondary N) is 1. The number of rotatable bonds is 8. The summed E-state index contributed by atoms with van der Waals surface area (Å²) in [5.74, 6) is -0.432. The topological polar surface area (TPSA) is 75.4 Å². The molecule has 6 heteroatoms. The van der Waals surface area contributed by atoms with E-state index in [2.05, 4.69) is 5.32 Å². The molecule has 0 spiro atoms. The Morgan fingerprint density at radius 1 is 1.03 bits per heavy atom. The van der Waals surface area contributed by atoms with Crippen LogP contribution in [0.25, 0.3) is 0 Å². The smallest absolute Gasteiger partial charge is 0.255 e. The van der Waals surface area contributed by atoms with E-state index in [1.54, 1.807) is 0 Å². The molecule has 0 aromatic heterocycles. The van der Waals surface area contributed by atoms with Crippen molar-refractivity contribution in [3.8, 4) is 0 Å². The first kappa shape index (κ1) is 22.0. The minimum absolute atomic E-state index is 0.0810. The summed E-state index contributed by atoms with van der Waals surface area (Å²) < 4.78 is 13.1.